The van der Waals surface area contributed by atoms with E-state index in [1.54, 1.807) is 6.07 Å². The number of ether oxygens (including phenoxy) is 1. The van der Waals surface area contributed by atoms with Crippen molar-refractivity contribution in [1.29, 1.82) is 0 Å². The number of phenolic OH excluding ortho intramolecular Hbond substituents is 1. The first-order valence-electron chi connectivity index (χ1n) is 8.65. The monoisotopic (exact) mass is 327 g/mol. The fourth-order valence-corrected chi connectivity index (χ4v) is 5.80. The summed E-state index contributed by atoms with van der Waals surface area (Å²) in [5.41, 5.74) is 0.256. The zero-order valence-electron chi connectivity index (χ0n) is 13.5. The lowest BCUT2D eigenvalue weighted by molar-refractivity contribution is -0.187. The van der Waals surface area contributed by atoms with E-state index in [9.17, 15) is 15.0 Å². The molecule has 2 aliphatic carbocycles. The minimum atomic E-state index is -1.00. The Kier molecular flexibility index (Phi) is 2.66. The van der Waals surface area contributed by atoms with Crippen LogP contribution in [0.2, 0.25) is 0 Å². The molecule has 1 saturated heterocycles. The molecule has 0 aromatic heterocycles. The Morgan fingerprint density at radius 2 is 2.25 bits per heavy atom. The zero-order chi connectivity index (χ0) is 16.7. The third-order valence-electron chi connectivity index (χ3n) is 6.73. The summed E-state index contributed by atoms with van der Waals surface area (Å²) >= 11 is 0. The second kappa shape index (κ2) is 4.41. The number of aromatic hydroxyl groups is 1. The Morgan fingerprint density at radius 3 is 3.04 bits per heavy atom. The van der Waals surface area contributed by atoms with Gasteiger partial charge >= 0.3 is 0 Å². The first-order valence-corrected chi connectivity index (χ1v) is 8.65. The second-order valence-corrected chi connectivity index (χ2v) is 7.56. The van der Waals surface area contributed by atoms with E-state index in [0.29, 0.717) is 31.4 Å². The van der Waals surface area contributed by atoms with Crippen LogP contribution in [0.5, 0.6) is 11.5 Å². The molecule has 4 aliphatic rings. The summed E-state index contributed by atoms with van der Waals surface area (Å²) in [6.45, 7) is 5.36. The molecule has 0 amide bonds. The van der Waals surface area contributed by atoms with Crippen LogP contribution >= 0.6 is 0 Å². The van der Waals surface area contributed by atoms with Gasteiger partial charge in [0.1, 0.15) is 0 Å². The average Bonchev–Trinajstić information content (AvgIpc) is 2.91. The number of benzene rings is 1. The van der Waals surface area contributed by atoms with Gasteiger partial charge < -0.3 is 14.9 Å². The molecule has 1 spiro atoms. The van der Waals surface area contributed by atoms with Crippen LogP contribution in [0.25, 0.3) is 0 Å². The summed E-state index contributed by atoms with van der Waals surface area (Å²) in [7, 11) is 0. The highest BCUT2D eigenvalue weighted by molar-refractivity contribution is 5.90. The first kappa shape index (κ1) is 14.5. The van der Waals surface area contributed by atoms with Crippen LogP contribution < -0.4 is 4.74 Å². The molecule has 5 heteroatoms. The summed E-state index contributed by atoms with van der Waals surface area (Å²) in [5.74, 6) is 0.528. The Bertz CT molecular complexity index is 775. The SMILES string of the molecule is C=CCN1CC[C@]23c4c5ccc(O)c4O[C@H]2C(=O)CC[C@@]3(O)[C@@H]1C5. The van der Waals surface area contributed by atoms with Gasteiger partial charge in [0.15, 0.2) is 23.4 Å². The van der Waals surface area contributed by atoms with Gasteiger partial charge in [0.25, 0.3) is 0 Å². The van der Waals surface area contributed by atoms with Crippen molar-refractivity contribution < 1.29 is 19.7 Å². The Morgan fingerprint density at radius 1 is 1.42 bits per heavy atom. The molecule has 5 nitrogen and oxygen atoms in total. The highest BCUT2D eigenvalue weighted by atomic mass is 16.5. The first-order chi connectivity index (χ1) is 11.5. The Hall–Kier alpha value is -1.85. The number of nitrogens with zero attached hydrogens (tertiary/aromatic N) is 1. The number of carbonyl (C=O) groups is 1. The van der Waals surface area contributed by atoms with Crippen molar-refractivity contribution >= 4 is 5.78 Å². The predicted molar refractivity (Wildman–Crippen MR) is 87.3 cm³/mol. The number of Topliss-reactive ketones (excluding diaryl/α,β-unsaturated/α-hetero) is 1. The number of ketones is 1. The summed E-state index contributed by atoms with van der Waals surface area (Å²) < 4.78 is 5.98. The van der Waals surface area contributed by atoms with Crippen LogP contribution in [0.15, 0.2) is 24.8 Å². The van der Waals surface area contributed by atoms with Crippen LogP contribution in [0, 0.1) is 0 Å². The van der Waals surface area contributed by atoms with E-state index < -0.39 is 17.1 Å². The van der Waals surface area contributed by atoms with Crippen molar-refractivity contribution in [2.45, 2.75) is 48.8 Å². The maximum absolute atomic E-state index is 12.6. The van der Waals surface area contributed by atoms with Crippen molar-refractivity contribution in [3.05, 3.63) is 35.9 Å². The number of rotatable bonds is 2. The molecule has 2 N–H and O–H groups in total. The normalized spacial score (nSPS) is 39.3. The van der Waals surface area contributed by atoms with Crippen molar-refractivity contribution in [3.63, 3.8) is 0 Å². The van der Waals surface area contributed by atoms with Gasteiger partial charge in [-0.1, -0.05) is 12.1 Å². The minimum Gasteiger partial charge on any atom is -0.504 e. The number of piperidine rings is 1. The Labute approximate surface area is 140 Å². The molecule has 4 atom stereocenters. The Balaban J connectivity index is 1.80. The molecular weight excluding hydrogens is 306 g/mol. The summed E-state index contributed by atoms with van der Waals surface area (Å²) in [6, 6.07) is 3.52. The smallest absolute Gasteiger partial charge is 0.174 e. The van der Waals surface area contributed by atoms with Crippen molar-refractivity contribution in [1.82, 2.24) is 4.90 Å². The number of carbonyl (C=O) groups excluding carboxylic acids is 1. The van der Waals surface area contributed by atoms with Crippen LogP contribution in [0.3, 0.4) is 0 Å². The number of hydrogen-bond donors (Lipinski definition) is 2. The largest absolute Gasteiger partial charge is 0.504 e. The van der Waals surface area contributed by atoms with Gasteiger partial charge in [-0.25, -0.2) is 0 Å². The summed E-state index contributed by atoms with van der Waals surface area (Å²) in [4.78, 5) is 14.9. The van der Waals surface area contributed by atoms with Gasteiger partial charge in [-0.05, 0) is 30.9 Å². The van der Waals surface area contributed by atoms with Crippen LogP contribution in [-0.2, 0) is 16.6 Å². The fourth-order valence-electron chi connectivity index (χ4n) is 5.80. The second-order valence-electron chi connectivity index (χ2n) is 7.56. The lowest BCUT2D eigenvalue weighted by Gasteiger charge is -2.62. The van der Waals surface area contributed by atoms with Crippen LogP contribution in [0.4, 0.5) is 0 Å². The van der Waals surface area contributed by atoms with Crippen molar-refractivity contribution in [3.8, 4) is 11.5 Å². The van der Waals surface area contributed by atoms with E-state index in [1.165, 1.54) is 0 Å². The predicted octanol–water partition coefficient (Wildman–Crippen LogP) is 1.30. The summed E-state index contributed by atoms with van der Waals surface area (Å²) in [6.07, 6.45) is 3.35. The zero-order valence-corrected chi connectivity index (χ0v) is 13.5. The van der Waals surface area contributed by atoms with Gasteiger partial charge in [0, 0.05) is 31.1 Å². The minimum absolute atomic E-state index is 0.0408. The number of hydrogen-bond acceptors (Lipinski definition) is 5. The van der Waals surface area contributed by atoms with E-state index in [-0.39, 0.29) is 17.6 Å². The topological polar surface area (TPSA) is 70.0 Å². The van der Waals surface area contributed by atoms with E-state index >= 15 is 0 Å². The highest BCUT2D eigenvalue weighted by Gasteiger charge is 2.72. The number of phenols is 1. The molecular formula is C19H21NO4. The number of aliphatic hydroxyl groups is 1. The summed E-state index contributed by atoms with van der Waals surface area (Å²) in [5, 5.41) is 22.1. The fraction of sp³-hybridized carbons (Fsp3) is 0.526. The number of likely N-dealkylation sites (tertiary alicyclic amines) is 1. The third-order valence-corrected chi connectivity index (χ3v) is 6.73. The maximum Gasteiger partial charge on any atom is 0.174 e. The van der Waals surface area contributed by atoms with Gasteiger partial charge in [-0.15, -0.1) is 6.58 Å². The molecule has 0 radical (unpaired) electrons. The third kappa shape index (κ3) is 1.38. The lowest BCUT2D eigenvalue weighted by atomic mass is 9.49. The molecule has 1 saturated carbocycles. The van der Waals surface area contributed by atoms with Gasteiger partial charge in [0.2, 0.25) is 0 Å². The highest BCUT2D eigenvalue weighted by Crippen LogP contribution is 2.64. The van der Waals surface area contributed by atoms with Gasteiger partial charge in [-0.3, -0.25) is 9.69 Å². The van der Waals surface area contributed by atoms with E-state index in [4.69, 9.17) is 4.74 Å². The molecule has 24 heavy (non-hydrogen) atoms. The molecule has 1 aromatic rings. The maximum atomic E-state index is 12.6. The van der Waals surface area contributed by atoms with E-state index in [2.05, 4.69) is 11.5 Å². The van der Waals surface area contributed by atoms with E-state index in [1.807, 2.05) is 12.1 Å². The van der Waals surface area contributed by atoms with Crippen molar-refractivity contribution in [2.24, 2.45) is 0 Å². The van der Waals surface area contributed by atoms with E-state index in [0.717, 1.165) is 24.2 Å². The lowest BCUT2D eigenvalue weighted by Crippen LogP contribution is -2.76. The molecule has 126 valence electrons. The molecule has 2 fully saturated rings. The average molecular weight is 327 g/mol. The molecule has 1 aromatic carbocycles. The molecule has 5 rings (SSSR count). The van der Waals surface area contributed by atoms with Crippen LogP contribution in [-0.4, -0.2) is 51.7 Å². The van der Waals surface area contributed by atoms with Crippen molar-refractivity contribution in [2.75, 3.05) is 13.1 Å². The molecule has 2 aliphatic heterocycles. The van der Waals surface area contributed by atoms with Gasteiger partial charge in [-0.2, -0.15) is 0 Å². The molecule has 0 unspecified atom stereocenters. The molecule has 2 bridgehead atoms. The van der Waals surface area contributed by atoms with Gasteiger partial charge in [0.05, 0.1) is 11.0 Å². The van der Waals surface area contributed by atoms with Crippen LogP contribution in [0.1, 0.15) is 30.4 Å². The standard InChI is InChI=1S/C19H21NO4/c1-2-8-20-9-7-18-15-11-3-4-12(21)16(15)24-17(18)13(22)5-6-19(18,23)14(20)10-11/h2-4,14,17,21,23H,1,5-10H2/t14-,17-,18-,19+/m0/s1. The molecule has 2 heterocycles. The quantitative estimate of drug-likeness (QED) is 0.802.